The van der Waals surface area contributed by atoms with Gasteiger partial charge in [0, 0.05) is 18.1 Å². The Morgan fingerprint density at radius 1 is 1.19 bits per heavy atom. The number of hydrogen-bond donors (Lipinski definition) is 2. The molecule has 116 valence electrons. The lowest BCUT2D eigenvalue weighted by Crippen LogP contribution is -2.40. The molecule has 21 heavy (non-hydrogen) atoms. The number of halogens is 1. The molecule has 0 aliphatic carbocycles. The van der Waals surface area contributed by atoms with Crippen LogP contribution in [0.3, 0.4) is 0 Å². The van der Waals surface area contributed by atoms with Gasteiger partial charge in [-0.2, -0.15) is 0 Å². The topological polar surface area (TPSA) is 76.7 Å². The Kier molecular flexibility index (Phi) is 7.39. The number of carbonyl (C=O) groups is 2. The highest BCUT2D eigenvalue weighted by Gasteiger charge is 2.14. The summed E-state index contributed by atoms with van der Waals surface area (Å²) in [6.07, 6.45) is -1.15. The van der Waals surface area contributed by atoms with Crippen molar-refractivity contribution in [3.63, 3.8) is 0 Å². The van der Waals surface area contributed by atoms with Crippen molar-refractivity contribution >= 4 is 23.6 Å². The third-order valence-electron chi connectivity index (χ3n) is 2.46. The number of nitrogens with one attached hydrogen (secondary N) is 2. The number of ether oxygens (including phenoxy) is 2. The standard InChI is InChI=1S/C14H19ClN2O4/c1-3-20-14(19)17-9-8-16-13(18)10(2)21-12-6-4-11(15)5-7-12/h4-7,10H,3,8-9H2,1-2H3,(H,16,18)(H,17,19). The Labute approximate surface area is 128 Å². The number of benzene rings is 1. The second kappa shape index (κ2) is 9.07. The van der Waals surface area contributed by atoms with Crippen LogP contribution in [0.4, 0.5) is 4.79 Å². The molecule has 0 saturated carbocycles. The van der Waals surface area contributed by atoms with Crippen LogP contribution in [0.15, 0.2) is 24.3 Å². The summed E-state index contributed by atoms with van der Waals surface area (Å²) in [5.41, 5.74) is 0. The molecule has 1 aromatic carbocycles. The molecule has 1 rings (SSSR count). The zero-order chi connectivity index (χ0) is 15.7. The zero-order valence-electron chi connectivity index (χ0n) is 12.0. The predicted octanol–water partition coefficient (Wildman–Crippen LogP) is 1.97. The van der Waals surface area contributed by atoms with Gasteiger partial charge in [-0.3, -0.25) is 4.79 Å². The summed E-state index contributed by atoms with van der Waals surface area (Å²) >= 11 is 5.76. The highest BCUT2D eigenvalue weighted by molar-refractivity contribution is 6.30. The van der Waals surface area contributed by atoms with E-state index in [1.54, 1.807) is 38.1 Å². The number of carbonyl (C=O) groups excluding carboxylic acids is 2. The Morgan fingerprint density at radius 3 is 2.43 bits per heavy atom. The highest BCUT2D eigenvalue weighted by Crippen LogP contribution is 2.16. The number of rotatable bonds is 7. The van der Waals surface area contributed by atoms with Crippen molar-refractivity contribution in [2.45, 2.75) is 20.0 Å². The van der Waals surface area contributed by atoms with E-state index in [2.05, 4.69) is 15.4 Å². The van der Waals surface area contributed by atoms with Gasteiger partial charge in [-0.25, -0.2) is 4.79 Å². The van der Waals surface area contributed by atoms with Crippen molar-refractivity contribution in [2.24, 2.45) is 0 Å². The van der Waals surface area contributed by atoms with Gasteiger partial charge in [0.2, 0.25) is 0 Å². The first-order valence-electron chi connectivity index (χ1n) is 6.63. The first kappa shape index (κ1) is 17.1. The molecule has 0 aliphatic heterocycles. The van der Waals surface area contributed by atoms with Crippen LogP contribution in [0.25, 0.3) is 0 Å². The zero-order valence-corrected chi connectivity index (χ0v) is 12.8. The van der Waals surface area contributed by atoms with E-state index in [1.165, 1.54) is 0 Å². The van der Waals surface area contributed by atoms with Crippen LogP contribution in [-0.4, -0.2) is 37.8 Å². The average Bonchev–Trinajstić information content (AvgIpc) is 2.46. The molecule has 1 aromatic rings. The van der Waals surface area contributed by atoms with Crippen LogP contribution in [0.2, 0.25) is 5.02 Å². The van der Waals surface area contributed by atoms with Crippen LogP contribution in [0, 0.1) is 0 Å². The van der Waals surface area contributed by atoms with E-state index in [-0.39, 0.29) is 12.5 Å². The minimum atomic E-state index is -0.645. The van der Waals surface area contributed by atoms with Crippen LogP contribution in [0.5, 0.6) is 5.75 Å². The Hall–Kier alpha value is -1.95. The molecule has 0 radical (unpaired) electrons. The van der Waals surface area contributed by atoms with Crippen LogP contribution in [0.1, 0.15) is 13.8 Å². The van der Waals surface area contributed by atoms with Gasteiger partial charge in [-0.05, 0) is 38.1 Å². The number of alkyl carbamates (subject to hydrolysis) is 1. The van der Waals surface area contributed by atoms with E-state index in [0.717, 1.165) is 0 Å². The van der Waals surface area contributed by atoms with Gasteiger partial charge >= 0.3 is 6.09 Å². The van der Waals surface area contributed by atoms with E-state index in [0.29, 0.717) is 23.9 Å². The molecule has 6 nitrogen and oxygen atoms in total. The van der Waals surface area contributed by atoms with Crippen LogP contribution >= 0.6 is 11.6 Å². The maximum Gasteiger partial charge on any atom is 0.407 e. The molecule has 0 spiro atoms. The molecule has 0 fully saturated rings. The van der Waals surface area contributed by atoms with Gasteiger partial charge in [0.25, 0.3) is 5.91 Å². The quantitative estimate of drug-likeness (QED) is 0.754. The van der Waals surface area contributed by atoms with Crippen molar-refractivity contribution < 1.29 is 19.1 Å². The number of amides is 2. The molecule has 7 heteroatoms. The van der Waals surface area contributed by atoms with Crippen LogP contribution < -0.4 is 15.4 Å². The fourth-order valence-corrected chi connectivity index (χ4v) is 1.57. The Bertz CT molecular complexity index is 465. The van der Waals surface area contributed by atoms with Crippen molar-refractivity contribution in [1.82, 2.24) is 10.6 Å². The maximum atomic E-state index is 11.8. The van der Waals surface area contributed by atoms with Crippen molar-refractivity contribution in [3.8, 4) is 5.75 Å². The van der Waals surface area contributed by atoms with Gasteiger partial charge < -0.3 is 20.1 Å². The highest BCUT2D eigenvalue weighted by atomic mass is 35.5. The van der Waals surface area contributed by atoms with E-state index in [4.69, 9.17) is 16.3 Å². The first-order valence-corrected chi connectivity index (χ1v) is 7.01. The fourth-order valence-electron chi connectivity index (χ4n) is 1.45. The summed E-state index contributed by atoms with van der Waals surface area (Å²) in [5.74, 6) is 0.294. The third kappa shape index (κ3) is 6.85. The molecule has 1 unspecified atom stereocenters. The number of hydrogen-bond acceptors (Lipinski definition) is 4. The van der Waals surface area contributed by atoms with E-state index in [9.17, 15) is 9.59 Å². The minimum absolute atomic E-state index is 0.268. The molecule has 0 heterocycles. The lowest BCUT2D eigenvalue weighted by Gasteiger charge is -2.14. The maximum absolute atomic E-state index is 11.8. The van der Waals surface area contributed by atoms with Crippen molar-refractivity contribution in [1.29, 1.82) is 0 Å². The first-order chi connectivity index (χ1) is 10.0. The summed E-state index contributed by atoms with van der Waals surface area (Å²) in [4.78, 5) is 22.8. The fraction of sp³-hybridized carbons (Fsp3) is 0.429. The normalized spacial score (nSPS) is 11.4. The van der Waals surface area contributed by atoms with Gasteiger partial charge in [0.15, 0.2) is 6.10 Å². The molecule has 2 N–H and O–H groups in total. The largest absolute Gasteiger partial charge is 0.481 e. The molecular weight excluding hydrogens is 296 g/mol. The Balaban J connectivity index is 2.25. The van der Waals surface area contributed by atoms with E-state index in [1.807, 2.05) is 0 Å². The van der Waals surface area contributed by atoms with Crippen molar-refractivity contribution in [3.05, 3.63) is 29.3 Å². The van der Waals surface area contributed by atoms with Gasteiger partial charge in [-0.15, -0.1) is 0 Å². The SMILES string of the molecule is CCOC(=O)NCCNC(=O)C(C)Oc1ccc(Cl)cc1. The second-order valence-corrected chi connectivity index (χ2v) is 4.59. The van der Waals surface area contributed by atoms with E-state index < -0.39 is 12.2 Å². The smallest absolute Gasteiger partial charge is 0.407 e. The molecule has 0 aromatic heterocycles. The molecule has 1 atom stereocenters. The lowest BCUT2D eigenvalue weighted by atomic mass is 10.3. The molecule has 0 bridgehead atoms. The summed E-state index contributed by atoms with van der Waals surface area (Å²) < 4.78 is 10.2. The predicted molar refractivity (Wildman–Crippen MR) is 79.6 cm³/mol. The van der Waals surface area contributed by atoms with Gasteiger partial charge in [-0.1, -0.05) is 11.6 Å². The lowest BCUT2D eigenvalue weighted by molar-refractivity contribution is -0.127. The Morgan fingerprint density at radius 2 is 1.81 bits per heavy atom. The summed E-state index contributed by atoms with van der Waals surface area (Å²) in [6.45, 7) is 4.26. The minimum Gasteiger partial charge on any atom is -0.481 e. The molecule has 2 amide bonds. The van der Waals surface area contributed by atoms with Crippen LogP contribution in [-0.2, 0) is 9.53 Å². The molecule has 0 aliphatic rings. The summed E-state index contributed by atoms with van der Waals surface area (Å²) in [5, 5.41) is 5.76. The van der Waals surface area contributed by atoms with Gasteiger partial charge in [0.1, 0.15) is 5.75 Å². The average molecular weight is 315 g/mol. The third-order valence-corrected chi connectivity index (χ3v) is 2.72. The summed E-state index contributed by atoms with van der Waals surface area (Å²) in [7, 11) is 0. The van der Waals surface area contributed by atoms with E-state index >= 15 is 0 Å². The molecule has 0 saturated heterocycles. The van der Waals surface area contributed by atoms with Gasteiger partial charge in [0.05, 0.1) is 6.61 Å². The van der Waals surface area contributed by atoms with Crippen molar-refractivity contribution in [2.75, 3.05) is 19.7 Å². The summed E-state index contributed by atoms with van der Waals surface area (Å²) in [6, 6.07) is 6.75. The second-order valence-electron chi connectivity index (χ2n) is 4.15. The monoisotopic (exact) mass is 314 g/mol. The molecular formula is C14H19ClN2O4.